The molecule has 2 aromatic carbocycles. The summed E-state index contributed by atoms with van der Waals surface area (Å²) in [6.45, 7) is -1.01. The van der Waals surface area contributed by atoms with Crippen LogP contribution in [0.1, 0.15) is 5.56 Å². The number of carboxylic acid groups (broad SMARTS) is 1. The van der Waals surface area contributed by atoms with E-state index in [1.165, 1.54) is 13.2 Å². The number of benzene rings is 2. The molecule has 3 rings (SSSR count). The van der Waals surface area contributed by atoms with Gasteiger partial charge in [0, 0.05) is 15.7 Å². The minimum absolute atomic E-state index is 0.0884. The van der Waals surface area contributed by atoms with Gasteiger partial charge in [0.05, 0.1) is 12.0 Å². The van der Waals surface area contributed by atoms with E-state index in [0.29, 0.717) is 33.2 Å². The van der Waals surface area contributed by atoms with Gasteiger partial charge in [0.25, 0.3) is 11.1 Å². The van der Waals surface area contributed by atoms with Crippen molar-refractivity contribution in [3.63, 3.8) is 0 Å². The first-order chi connectivity index (χ1) is 15.3. The Morgan fingerprint density at radius 2 is 1.91 bits per heavy atom. The van der Waals surface area contributed by atoms with E-state index in [0.717, 1.165) is 4.90 Å². The minimum Gasteiger partial charge on any atom is -0.497 e. The maximum absolute atomic E-state index is 12.7. The van der Waals surface area contributed by atoms with Gasteiger partial charge in [0.2, 0.25) is 5.91 Å². The van der Waals surface area contributed by atoms with Gasteiger partial charge in [-0.15, -0.1) is 0 Å². The quantitative estimate of drug-likeness (QED) is 0.506. The van der Waals surface area contributed by atoms with Crippen LogP contribution in [0.25, 0.3) is 6.08 Å². The fraction of sp³-hybridized carbons (Fsp3) is 0.143. The average Bonchev–Trinajstić information content (AvgIpc) is 3.01. The van der Waals surface area contributed by atoms with Gasteiger partial charge in [0.1, 0.15) is 18.0 Å². The first-order valence-corrected chi connectivity index (χ1v) is 10.7. The van der Waals surface area contributed by atoms with Crippen molar-refractivity contribution in [2.75, 3.05) is 25.6 Å². The molecule has 1 fully saturated rings. The zero-order valence-electron chi connectivity index (χ0n) is 16.7. The summed E-state index contributed by atoms with van der Waals surface area (Å²) in [6, 6.07) is 11.4. The van der Waals surface area contributed by atoms with Gasteiger partial charge in [-0.1, -0.05) is 15.9 Å². The number of carbonyl (C=O) groups excluding carboxylic acids is 3. The largest absolute Gasteiger partial charge is 0.497 e. The lowest BCUT2D eigenvalue weighted by atomic mass is 10.2. The Hall–Kier alpha value is -3.31. The number of aliphatic carboxylic acids is 1. The van der Waals surface area contributed by atoms with Gasteiger partial charge in [-0.3, -0.25) is 19.3 Å². The van der Waals surface area contributed by atoms with E-state index in [1.807, 2.05) is 0 Å². The molecular weight excluding hydrogens is 504 g/mol. The van der Waals surface area contributed by atoms with E-state index in [-0.39, 0.29) is 10.7 Å². The molecule has 1 heterocycles. The number of carbonyl (C=O) groups is 4. The summed E-state index contributed by atoms with van der Waals surface area (Å²) >= 11 is 3.99. The second kappa shape index (κ2) is 10.3. The van der Waals surface area contributed by atoms with Crippen LogP contribution in [-0.2, 0) is 14.4 Å². The van der Waals surface area contributed by atoms with E-state index in [1.54, 1.807) is 42.5 Å². The molecule has 0 aromatic heterocycles. The molecule has 2 aromatic rings. The number of anilines is 1. The van der Waals surface area contributed by atoms with Crippen molar-refractivity contribution in [3.05, 3.63) is 57.4 Å². The predicted molar refractivity (Wildman–Crippen MR) is 122 cm³/mol. The molecule has 0 radical (unpaired) electrons. The predicted octanol–water partition coefficient (Wildman–Crippen LogP) is 3.60. The van der Waals surface area contributed by atoms with E-state index in [4.69, 9.17) is 14.6 Å². The number of nitrogens with one attached hydrogen (secondary N) is 1. The maximum Gasteiger partial charge on any atom is 0.341 e. The number of ether oxygens (including phenoxy) is 2. The molecule has 0 bridgehead atoms. The second-order valence-corrected chi connectivity index (χ2v) is 8.32. The Labute approximate surface area is 195 Å². The highest BCUT2D eigenvalue weighted by atomic mass is 79.9. The number of methoxy groups -OCH3 is 1. The van der Waals surface area contributed by atoms with Gasteiger partial charge in [-0.2, -0.15) is 0 Å². The molecule has 32 heavy (non-hydrogen) atoms. The third-order valence-electron chi connectivity index (χ3n) is 4.16. The SMILES string of the molecule is COc1ccc(NC(=O)CN2C(=O)S/C(=C/c3cc(Br)ccc3OCC(=O)O)C2=O)cc1. The van der Waals surface area contributed by atoms with Crippen LogP contribution >= 0.6 is 27.7 Å². The summed E-state index contributed by atoms with van der Waals surface area (Å²) in [6.07, 6.45) is 1.42. The number of thioether (sulfide) groups is 1. The van der Waals surface area contributed by atoms with Crippen LogP contribution in [0.4, 0.5) is 10.5 Å². The maximum atomic E-state index is 12.7. The molecule has 0 aliphatic carbocycles. The molecule has 11 heteroatoms. The lowest BCUT2D eigenvalue weighted by molar-refractivity contribution is -0.139. The average molecular weight is 521 g/mol. The highest BCUT2D eigenvalue weighted by molar-refractivity contribution is 9.10. The van der Waals surface area contributed by atoms with Crippen LogP contribution in [0.3, 0.4) is 0 Å². The van der Waals surface area contributed by atoms with Crippen molar-refractivity contribution in [1.29, 1.82) is 0 Å². The summed E-state index contributed by atoms with van der Waals surface area (Å²) in [5, 5.41) is 10.9. The zero-order chi connectivity index (χ0) is 23.3. The van der Waals surface area contributed by atoms with Gasteiger partial charge in [-0.05, 0) is 60.3 Å². The molecule has 0 spiro atoms. The summed E-state index contributed by atoms with van der Waals surface area (Å²) in [4.78, 5) is 49.1. The summed E-state index contributed by atoms with van der Waals surface area (Å²) in [5.41, 5.74) is 0.904. The molecule has 166 valence electrons. The molecule has 3 amide bonds. The first-order valence-electron chi connectivity index (χ1n) is 9.10. The monoisotopic (exact) mass is 520 g/mol. The highest BCUT2D eigenvalue weighted by Gasteiger charge is 2.36. The van der Waals surface area contributed by atoms with Gasteiger partial charge >= 0.3 is 5.97 Å². The minimum atomic E-state index is -1.15. The number of hydrogen-bond acceptors (Lipinski definition) is 7. The smallest absolute Gasteiger partial charge is 0.341 e. The Morgan fingerprint density at radius 3 is 2.56 bits per heavy atom. The van der Waals surface area contributed by atoms with Crippen molar-refractivity contribution >= 4 is 62.5 Å². The molecule has 1 saturated heterocycles. The highest BCUT2D eigenvalue weighted by Crippen LogP contribution is 2.34. The second-order valence-electron chi connectivity index (χ2n) is 6.41. The lowest BCUT2D eigenvalue weighted by Crippen LogP contribution is -2.36. The van der Waals surface area contributed by atoms with Gasteiger partial charge in [0.15, 0.2) is 6.61 Å². The fourth-order valence-corrected chi connectivity index (χ4v) is 3.91. The van der Waals surface area contributed by atoms with Crippen molar-refractivity contribution in [2.24, 2.45) is 0 Å². The van der Waals surface area contributed by atoms with Crippen LogP contribution in [0.2, 0.25) is 0 Å². The third-order valence-corrected chi connectivity index (χ3v) is 5.56. The van der Waals surface area contributed by atoms with Crippen LogP contribution in [-0.4, -0.2) is 53.3 Å². The Kier molecular flexibility index (Phi) is 7.54. The molecule has 0 atom stereocenters. The van der Waals surface area contributed by atoms with Crippen molar-refractivity contribution in [3.8, 4) is 11.5 Å². The molecule has 1 aliphatic rings. The Bertz CT molecular complexity index is 1100. The molecule has 0 saturated carbocycles. The Morgan fingerprint density at radius 1 is 1.19 bits per heavy atom. The number of halogens is 1. The third kappa shape index (κ3) is 5.89. The van der Waals surface area contributed by atoms with E-state index < -0.39 is 36.2 Å². The van der Waals surface area contributed by atoms with Crippen LogP contribution < -0.4 is 14.8 Å². The summed E-state index contributed by atoms with van der Waals surface area (Å²) in [7, 11) is 1.52. The molecular formula is C21H17BrN2O7S. The molecule has 1 aliphatic heterocycles. The molecule has 9 nitrogen and oxygen atoms in total. The lowest BCUT2D eigenvalue weighted by Gasteiger charge is -2.12. The molecule has 0 unspecified atom stereocenters. The summed E-state index contributed by atoms with van der Waals surface area (Å²) in [5.74, 6) is -1.46. The number of hydrogen-bond donors (Lipinski definition) is 2. The number of imide groups is 1. The van der Waals surface area contributed by atoms with Gasteiger partial charge < -0.3 is 19.9 Å². The van der Waals surface area contributed by atoms with E-state index >= 15 is 0 Å². The van der Waals surface area contributed by atoms with Crippen LogP contribution in [0.5, 0.6) is 11.5 Å². The number of rotatable bonds is 8. The zero-order valence-corrected chi connectivity index (χ0v) is 19.1. The standard InChI is InChI=1S/C21H17BrN2O7S/c1-30-15-5-3-14(4-6-15)23-18(25)10-24-20(28)17(32-21(24)29)9-12-8-13(22)2-7-16(12)31-11-19(26)27/h2-9H,10-11H2,1H3,(H,23,25)(H,26,27)/b17-9+. The number of nitrogens with zero attached hydrogens (tertiary/aromatic N) is 1. The topological polar surface area (TPSA) is 122 Å². The van der Waals surface area contributed by atoms with E-state index in [2.05, 4.69) is 21.2 Å². The fourth-order valence-electron chi connectivity index (χ4n) is 2.70. The summed E-state index contributed by atoms with van der Waals surface area (Å²) < 4.78 is 11.0. The first kappa shape index (κ1) is 23.4. The Balaban J connectivity index is 1.72. The van der Waals surface area contributed by atoms with Crippen LogP contribution in [0, 0.1) is 0 Å². The number of amides is 3. The molecule has 2 N–H and O–H groups in total. The van der Waals surface area contributed by atoms with Crippen molar-refractivity contribution in [1.82, 2.24) is 4.90 Å². The van der Waals surface area contributed by atoms with Gasteiger partial charge in [-0.25, -0.2) is 4.79 Å². The number of carboxylic acids is 1. The van der Waals surface area contributed by atoms with Crippen molar-refractivity contribution in [2.45, 2.75) is 0 Å². The van der Waals surface area contributed by atoms with Crippen LogP contribution in [0.15, 0.2) is 51.8 Å². The van der Waals surface area contributed by atoms with Crippen molar-refractivity contribution < 1.29 is 33.8 Å². The normalized spacial score (nSPS) is 14.6. The van der Waals surface area contributed by atoms with E-state index in [9.17, 15) is 19.2 Å².